The predicted molar refractivity (Wildman–Crippen MR) is 213 cm³/mol. The van der Waals surface area contributed by atoms with Gasteiger partial charge >= 0.3 is 0 Å². The SMILES string of the molecule is CC[C@H](C)[C@@H]([C@@H](CC(=O)N1CCC[C@H]1CCC[C@@H](C)C(=O)N[C@H](C)[C@@H](O)c1ccccc1)OC)N(C)C(=O)[C@@H](NC(=O)[C@H](C(C)C)N(C)C(C)O)C(C)C. The van der Waals surface area contributed by atoms with Crippen molar-refractivity contribution in [3.63, 3.8) is 0 Å². The minimum absolute atomic E-state index is 0.00327. The molecule has 1 aromatic rings. The summed E-state index contributed by atoms with van der Waals surface area (Å²) in [5, 5.41) is 26.8. The van der Waals surface area contributed by atoms with E-state index in [2.05, 4.69) is 24.5 Å². The van der Waals surface area contributed by atoms with Crippen molar-refractivity contribution in [1.82, 2.24) is 25.3 Å². The molecule has 0 saturated carbocycles. The Morgan fingerprint density at radius 3 is 2.09 bits per heavy atom. The number of aliphatic hydroxyl groups is 2. The highest BCUT2D eigenvalue weighted by molar-refractivity contribution is 5.90. The summed E-state index contributed by atoms with van der Waals surface area (Å²) < 4.78 is 6.01. The highest BCUT2D eigenvalue weighted by Gasteiger charge is 2.40. The fraction of sp³-hybridized carbons (Fsp3) is 0.762. The Morgan fingerprint density at radius 2 is 1.56 bits per heavy atom. The van der Waals surface area contributed by atoms with Gasteiger partial charge in [-0.1, -0.05) is 91.6 Å². The first-order valence-electron chi connectivity index (χ1n) is 20.2. The van der Waals surface area contributed by atoms with E-state index in [4.69, 9.17) is 4.74 Å². The number of carbonyl (C=O) groups excluding carboxylic acids is 4. The third kappa shape index (κ3) is 13.0. The summed E-state index contributed by atoms with van der Waals surface area (Å²) in [6, 6.07) is 7.08. The van der Waals surface area contributed by atoms with Gasteiger partial charge in [0.2, 0.25) is 23.6 Å². The average Bonchev–Trinajstić information content (AvgIpc) is 3.61. The van der Waals surface area contributed by atoms with E-state index in [9.17, 15) is 29.4 Å². The molecule has 10 atom stereocenters. The van der Waals surface area contributed by atoms with Gasteiger partial charge in [-0.2, -0.15) is 0 Å². The lowest BCUT2D eigenvalue weighted by molar-refractivity contribution is -0.147. The van der Waals surface area contributed by atoms with Crippen molar-refractivity contribution in [2.24, 2.45) is 23.7 Å². The molecular weight excluding hydrogens is 686 g/mol. The van der Waals surface area contributed by atoms with Gasteiger partial charge in [0.05, 0.1) is 36.8 Å². The summed E-state index contributed by atoms with van der Waals surface area (Å²) in [4.78, 5) is 59.9. The lowest BCUT2D eigenvalue weighted by atomic mass is 9.89. The molecule has 0 aromatic heterocycles. The van der Waals surface area contributed by atoms with E-state index in [-0.39, 0.29) is 59.8 Å². The summed E-state index contributed by atoms with van der Waals surface area (Å²) in [7, 11) is 5.01. The van der Waals surface area contributed by atoms with Crippen LogP contribution in [0.1, 0.15) is 119 Å². The van der Waals surface area contributed by atoms with Gasteiger partial charge in [-0.05, 0) is 69.9 Å². The Labute approximate surface area is 325 Å². The second kappa shape index (κ2) is 22.5. The van der Waals surface area contributed by atoms with Crippen LogP contribution in [0.3, 0.4) is 0 Å². The predicted octanol–water partition coefficient (Wildman–Crippen LogP) is 4.74. The van der Waals surface area contributed by atoms with E-state index in [1.54, 1.807) is 44.9 Å². The molecule has 308 valence electrons. The van der Waals surface area contributed by atoms with Crippen LogP contribution in [-0.2, 0) is 23.9 Å². The maximum Gasteiger partial charge on any atom is 0.245 e. The highest BCUT2D eigenvalue weighted by Crippen LogP contribution is 2.28. The third-order valence-electron chi connectivity index (χ3n) is 11.5. The average molecular weight is 760 g/mol. The molecule has 1 aliphatic heterocycles. The Kier molecular flexibility index (Phi) is 19.6. The molecule has 1 aliphatic rings. The number of hydrogen-bond donors (Lipinski definition) is 4. The van der Waals surface area contributed by atoms with Gasteiger partial charge in [0.15, 0.2) is 0 Å². The Balaban J connectivity index is 2.09. The zero-order chi connectivity index (χ0) is 40.9. The van der Waals surface area contributed by atoms with E-state index >= 15 is 0 Å². The van der Waals surface area contributed by atoms with E-state index < -0.39 is 42.6 Å². The highest BCUT2D eigenvalue weighted by atomic mass is 16.5. The van der Waals surface area contributed by atoms with E-state index in [1.165, 1.54) is 0 Å². The van der Waals surface area contributed by atoms with Crippen LogP contribution in [0.25, 0.3) is 0 Å². The minimum Gasteiger partial charge on any atom is -0.386 e. The maximum atomic E-state index is 14.2. The lowest BCUT2D eigenvalue weighted by Crippen LogP contribution is -2.60. The molecule has 4 amide bonds. The van der Waals surface area contributed by atoms with Gasteiger partial charge in [0.1, 0.15) is 12.3 Å². The van der Waals surface area contributed by atoms with Gasteiger partial charge in [0.25, 0.3) is 0 Å². The molecule has 1 aromatic carbocycles. The first-order valence-corrected chi connectivity index (χ1v) is 20.2. The number of aliphatic hydroxyl groups excluding tert-OH is 2. The van der Waals surface area contributed by atoms with Crippen molar-refractivity contribution in [2.75, 3.05) is 27.7 Å². The normalized spacial score (nSPS) is 19.8. The summed E-state index contributed by atoms with van der Waals surface area (Å²) in [5.41, 5.74) is 0.759. The van der Waals surface area contributed by atoms with Gasteiger partial charge in [-0.3, -0.25) is 24.1 Å². The van der Waals surface area contributed by atoms with Crippen molar-refractivity contribution in [1.29, 1.82) is 0 Å². The van der Waals surface area contributed by atoms with Crippen LogP contribution in [-0.4, -0.2) is 119 Å². The Hall–Kier alpha value is -3.06. The largest absolute Gasteiger partial charge is 0.386 e. The number of amides is 4. The summed E-state index contributed by atoms with van der Waals surface area (Å²) in [5.74, 6) is -1.23. The van der Waals surface area contributed by atoms with Gasteiger partial charge in [-0.15, -0.1) is 0 Å². The standard InChI is InChI=1S/C42H73N5O7/c1-13-28(6)38(46(11)42(53)36(26(2)3)44-41(52)37(27(4)5)45(10)31(9)48)34(54-12)25-35(49)47-24-18-23-33(47)22-17-19-29(7)40(51)43-30(8)39(50)32-20-15-14-16-21-32/h14-16,20-21,26-31,33-34,36-39,48,50H,13,17-19,22-25H2,1-12H3,(H,43,51)(H,44,52)/t28-,29+,30+,31?,33+,34+,36-,37-,38-,39+/m0/s1. The number of carbonyl (C=O) groups is 4. The number of hydrogen-bond acceptors (Lipinski definition) is 8. The second-order valence-corrected chi connectivity index (χ2v) is 16.4. The number of ether oxygens (including phenoxy) is 1. The van der Waals surface area contributed by atoms with Gasteiger partial charge < -0.3 is 35.4 Å². The Morgan fingerprint density at radius 1 is 0.926 bits per heavy atom. The fourth-order valence-corrected chi connectivity index (χ4v) is 7.82. The lowest BCUT2D eigenvalue weighted by Gasteiger charge is -2.41. The summed E-state index contributed by atoms with van der Waals surface area (Å²) >= 11 is 0. The topological polar surface area (TPSA) is 152 Å². The first kappa shape index (κ1) is 47.1. The molecular formula is C42H73N5O7. The van der Waals surface area contributed by atoms with Crippen molar-refractivity contribution in [3.8, 4) is 0 Å². The van der Waals surface area contributed by atoms with Crippen molar-refractivity contribution in [2.45, 2.75) is 156 Å². The molecule has 4 N–H and O–H groups in total. The van der Waals surface area contributed by atoms with Crippen LogP contribution in [0.5, 0.6) is 0 Å². The zero-order valence-corrected chi connectivity index (χ0v) is 35.2. The molecule has 12 heteroatoms. The molecule has 54 heavy (non-hydrogen) atoms. The van der Waals surface area contributed by atoms with Crippen molar-refractivity contribution >= 4 is 23.6 Å². The van der Waals surface area contributed by atoms with Crippen LogP contribution in [0.2, 0.25) is 0 Å². The fourth-order valence-electron chi connectivity index (χ4n) is 7.82. The zero-order valence-electron chi connectivity index (χ0n) is 35.2. The molecule has 12 nitrogen and oxygen atoms in total. The number of methoxy groups -OCH3 is 1. The summed E-state index contributed by atoms with van der Waals surface area (Å²) in [6.07, 6.45) is 2.72. The minimum atomic E-state index is -0.839. The molecule has 0 aliphatic carbocycles. The van der Waals surface area contributed by atoms with Crippen LogP contribution in [0.4, 0.5) is 0 Å². The van der Waals surface area contributed by atoms with Crippen LogP contribution < -0.4 is 10.6 Å². The molecule has 1 saturated heterocycles. The quantitative estimate of drug-likeness (QED) is 0.124. The van der Waals surface area contributed by atoms with E-state index in [0.717, 1.165) is 37.7 Å². The molecule has 0 spiro atoms. The second-order valence-electron chi connectivity index (χ2n) is 16.4. The number of likely N-dealkylation sites (N-methyl/N-ethyl adjacent to an activating group) is 2. The monoisotopic (exact) mass is 760 g/mol. The molecule has 2 rings (SSSR count). The van der Waals surface area contributed by atoms with Gasteiger partial charge in [-0.25, -0.2) is 0 Å². The van der Waals surface area contributed by atoms with Gasteiger partial charge in [0, 0.05) is 32.7 Å². The molecule has 0 radical (unpaired) electrons. The molecule has 1 fully saturated rings. The number of benzene rings is 1. The van der Waals surface area contributed by atoms with Crippen LogP contribution in [0.15, 0.2) is 30.3 Å². The first-order chi connectivity index (χ1) is 25.4. The number of rotatable bonds is 22. The summed E-state index contributed by atoms with van der Waals surface area (Å²) in [6.45, 7) is 17.7. The molecule has 1 unspecified atom stereocenters. The van der Waals surface area contributed by atoms with E-state index in [1.807, 2.05) is 69.9 Å². The molecule has 0 bridgehead atoms. The number of likely N-dealkylation sites (tertiary alicyclic amines) is 1. The number of nitrogens with one attached hydrogen (secondary N) is 2. The molecule has 1 heterocycles. The van der Waals surface area contributed by atoms with Crippen LogP contribution in [0, 0.1) is 23.7 Å². The smallest absolute Gasteiger partial charge is 0.245 e. The maximum absolute atomic E-state index is 14.2. The Bertz CT molecular complexity index is 1310. The number of nitrogens with zero attached hydrogens (tertiary/aromatic N) is 3. The van der Waals surface area contributed by atoms with Crippen molar-refractivity contribution < 1.29 is 34.1 Å². The van der Waals surface area contributed by atoms with Crippen molar-refractivity contribution in [3.05, 3.63) is 35.9 Å². The third-order valence-corrected chi connectivity index (χ3v) is 11.5. The van der Waals surface area contributed by atoms with Crippen LogP contribution >= 0.6 is 0 Å². The van der Waals surface area contributed by atoms with E-state index in [0.29, 0.717) is 13.0 Å².